The van der Waals surface area contributed by atoms with Gasteiger partial charge in [-0.2, -0.15) is 0 Å². The van der Waals surface area contributed by atoms with Crippen molar-refractivity contribution in [2.45, 2.75) is 4.84 Å². The Bertz CT molecular complexity index is 497. The average molecular weight is 317 g/mol. The van der Waals surface area contributed by atoms with Gasteiger partial charge in [0.1, 0.15) is 0 Å². The summed E-state index contributed by atoms with van der Waals surface area (Å²) in [5, 5.41) is 0. The topological polar surface area (TPSA) is 43.6 Å². The maximum atomic E-state index is 11.7. The molecule has 5 nitrogen and oxygen atoms in total. The molecule has 0 aliphatic carbocycles. The Kier molecular flexibility index (Phi) is 4.83. The van der Waals surface area contributed by atoms with Crippen molar-refractivity contribution in [3.05, 3.63) is 29.2 Å². The number of benzene rings is 1. The van der Waals surface area contributed by atoms with E-state index in [1.165, 1.54) is 7.05 Å². The first kappa shape index (κ1) is 15.1. The Morgan fingerprint density at radius 3 is 2.15 bits per heavy atom. The SMILES string of the molecule is C[N+](=O)c1ccc(N2CCN(C(=O)C(Cl)Cl)CC2)cc1. The van der Waals surface area contributed by atoms with Crippen molar-refractivity contribution in [2.75, 3.05) is 38.1 Å². The number of anilines is 1. The Morgan fingerprint density at radius 2 is 1.70 bits per heavy atom. The van der Waals surface area contributed by atoms with E-state index in [0.29, 0.717) is 18.8 Å². The molecule has 0 saturated carbocycles. The highest BCUT2D eigenvalue weighted by Crippen LogP contribution is 2.21. The number of hydrogen-bond donors (Lipinski definition) is 0. The molecular formula is C13H16Cl2N3O2+. The number of rotatable bonds is 3. The van der Waals surface area contributed by atoms with Crippen molar-refractivity contribution >= 4 is 40.5 Å². The Labute approximate surface area is 127 Å². The van der Waals surface area contributed by atoms with E-state index in [1.54, 1.807) is 17.0 Å². The normalized spacial score (nSPS) is 15.6. The van der Waals surface area contributed by atoms with Crippen molar-refractivity contribution < 1.29 is 9.55 Å². The average Bonchev–Trinajstić information content (AvgIpc) is 2.46. The molecule has 1 aliphatic rings. The maximum Gasteiger partial charge on any atom is 0.255 e. The van der Waals surface area contributed by atoms with Gasteiger partial charge in [0.05, 0.1) is 0 Å². The molecule has 1 saturated heterocycles. The predicted octanol–water partition coefficient (Wildman–Crippen LogP) is 2.18. The molecule has 0 spiro atoms. The summed E-state index contributed by atoms with van der Waals surface area (Å²) in [5.74, 6) is -0.240. The lowest BCUT2D eigenvalue weighted by molar-refractivity contribution is -0.428. The lowest BCUT2D eigenvalue weighted by Crippen LogP contribution is -2.50. The number of nitrogens with zero attached hydrogens (tertiary/aromatic N) is 3. The molecule has 20 heavy (non-hydrogen) atoms. The van der Waals surface area contributed by atoms with Crippen molar-refractivity contribution in [1.29, 1.82) is 0 Å². The van der Waals surface area contributed by atoms with Crippen LogP contribution in [0, 0.1) is 4.91 Å². The van der Waals surface area contributed by atoms with Gasteiger partial charge in [-0.15, -0.1) is 0 Å². The van der Waals surface area contributed by atoms with Crippen molar-refractivity contribution in [3.8, 4) is 0 Å². The van der Waals surface area contributed by atoms with Crippen LogP contribution < -0.4 is 4.90 Å². The number of amides is 1. The Morgan fingerprint density at radius 1 is 1.15 bits per heavy atom. The molecule has 1 fully saturated rings. The van der Waals surface area contributed by atoms with Crippen molar-refractivity contribution in [1.82, 2.24) is 4.90 Å². The van der Waals surface area contributed by atoms with E-state index in [0.717, 1.165) is 23.5 Å². The molecule has 7 heteroatoms. The van der Waals surface area contributed by atoms with Crippen molar-refractivity contribution in [3.63, 3.8) is 0 Å². The fourth-order valence-electron chi connectivity index (χ4n) is 2.20. The minimum Gasteiger partial charge on any atom is -0.368 e. The van der Waals surface area contributed by atoms with E-state index in [-0.39, 0.29) is 5.91 Å². The molecule has 1 aliphatic heterocycles. The fraction of sp³-hybridized carbons (Fsp3) is 0.462. The summed E-state index contributed by atoms with van der Waals surface area (Å²) in [6.45, 7) is 2.63. The smallest absolute Gasteiger partial charge is 0.255 e. The summed E-state index contributed by atoms with van der Waals surface area (Å²) in [7, 11) is 1.47. The molecule has 0 bridgehead atoms. The third-order valence-electron chi connectivity index (χ3n) is 3.36. The summed E-state index contributed by atoms with van der Waals surface area (Å²) >= 11 is 11.2. The molecule has 0 unspecified atom stereocenters. The highest BCUT2D eigenvalue weighted by molar-refractivity contribution is 6.53. The first-order chi connectivity index (χ1) is 9.49. The van der Waals surface area contributed by atoms with Gasteiger partial charge in [-0.1, -0.05) is 23.2 Å². The van der Waals surface area contributed by atoms with E-state index in [2.05, 4.69) is 4.90 Å². The lowest BCUT2D eigenvalue weighted by Gasteiger charge is -2.36. The molecule has 1 heterocycles. The van der Waals surface area contributed by atoms with Crippen LogP contribution in [0.4, 0.5) is 11.4 Å². The van der Waals surface area contributed by atoms with Crippen molar-refractivity contribution in [2.24, 2.45) is 0 Å². The van der Waals surface area contributed by atoms with Gasteiger partial charge in [-0.25, -0.2) is 0 Å². The van der Waals surface area contributed by atoms with E-state index in [4.69, 9.17) is 23.2 Å². The molecule has 2 rings (SSSR count). The first-order valence-electron chi connectivity index (χ1n) is 6.32. The zero-order valence-corrected chi connectivity index (χ0v) is 12.6. The van der Waals surface area contributed by atoms with Gasteiger partial charge in [0.15, 0.2) is 11.9 Å². The molecule has 0 atom stereocenters. The second-order valence-electron chi connectivity index (χ2n) is 4.63. The standard InChI is InChI=1S/C13H16Cl2N3O2/c1-16(20)10-2-4-11(5-3-10)17-6-8-18(9-7-17)13(19)12(14)15/h2-5,12H,6-9H2,1H3/q+1. The molecule has 108 valence electrons. The number of carbonyl (C=O) groups is 1. The predicted molar refractivity (Wildman–Crippen MR) is 79.9 cm³/mol. The van der Waals surface area contributed by atoms with Crippen LogP contribution in [0.25, 0.3) is 0 Å². The molecule has 1 aromatic carbocycles. The zero-order valence-electron chi connectivity index (χ0n) is 11.1. The molecule has 0 radical (unpaired) electrons. The van der Waals surface area contributed by atoms with Gasteiger partial charge >= 0.3 is 0 Å². The summed E-state index contributed by atoms with van der Waals surface area (Å²) in [6.07, 6.45) is 0. The molecule has 0 aromatic heterocycles. The van der Waals surface area contributed by atoms with Crippen LogP contribution in [-0.4, -0.2) is 53.6 Å². The van der Waals surface area contributed by atoms with E-state index in [9.17, 15) is 9.70 Å². The number of carbonyl (C=O) groups excluding carboxylic acids is 1. The lowest BCUT2D eigenvalue weighted by atomic mass is 10.2. The number of hydrogen-bond acceptors (Lipinski definition) is 3. The minimum absolute atomic E-state index is 0.240. The highest BCUT2D eigenvalue weighted by atomic mass is 35.5. The quantitative estimate of drug-likeness (QED) is 0.634. The number of alkyl halides is 2. The molecular weight excluding hydrogens is 301 g/mol. The van der Waals surface area contributed by atoms with Gasteiger partial charge in [0.2, 0.25) is 0 Å². The number of piperazine rings is 1. The van der Waals surface area contributed by atoms with Crippen LogP contribution in [0.5, 0.6) is 0 Å². The second kappa shape index (κ2) is 6.41. The van der Waals surface area contributed by atoms with Crippen LogP contribution >= 0.6 is 23.2 Å². The highest BCUT2D eigenvalue weighted by Gasteiger charge is 2.25. The van der Waals surface area contributed by atoms with E-state index < -0.39 is 4.84 Å². The molecule has 1 aromatic rings. The van der Waals surface area contributed by atoms with Gasteiger partial charge in [-0.05, 0) is 12.1 Å². The third kappa shape index (κ3) is 3.41. The number of halogens is 2. The van der Waals surface area contributed by atoms with E-state index >= 15 is 0 Å². The Hall–Kier alpha value is -1.33. The monoisotopic (exact) mass is 316 g/mol. The summed E-state index contributed by atoms with van der Waals surface area (Å²) in [5.41, 5.74) is 1.66. The van der Waals surface area contributed by atoms with Crippen LogP contribution in [-0.2, 0) is 4.79 Å². The van der Waals surface area contributed by atoms with Gasteiger partial charge in [0.25, 0.3) is 11.6 Å². The van der Waals surface area contributed by atoms with Crippen LogP contribution in [0.15, 0.2) is 24.3 Å². The Balaban J connectivity index is 1.97. The first-order valence-corrected chi connectivity index (χ1v) is 7.19. The third-order valence-corrected chi connectivity index (χ3v) is 3.73. The molecule has 1 amide bonds. The van der Waals surface area contributed by atoms with Gasteiger partial charge < -0.3 is 9.80 Å². The van der Waals surface area contributed by atoms with Gasteiger partial charge in [-0.3, -0.25) is 4.79 Å². The molecule has 0 N–H and O–H groups in total. The van der Waals surface area contributed by atoms with Crippen LogP contribution in [0.2, 0.25) is 0 Å². The van der Waals surface area contributed by atoms with Gasteiger partial charge in [0, 0.05) is 53.7 Å². The van der Waals surface area contributed by atoms with Crippen LogP contribution in [0.1, 0.15) is 0 Å². The maximum absolute atomic E-state index is 11.7. The van der Waals surface area contributed by atoms with Crippen LogP contribution in [0.3, 0.4) is 0 Å². The second-order valence-corrected chi connectivity index (χ2v) is 5.72. The largest absolute Gasteiger partial charge is 0.368 e. The summed E-state index contributed by atoms with van der Waals surface area (Å²) in [4.78, 5) is 25.7. The zero-order chi connectivity index (χ0) is 14.7. The fourth-order valence-corrected chi connectivity index (χ4v) is 2.47. The summed E-state index contributed by atoms with van der Waals surface area (Å²) < 4.78 is 0.821. The minimum atomic E-state index is -0.992. The number of nitroso groups, excluding NO2 is 1. The van der Waals surface area contributed by atoms with E-state index in [1.807, 2.05) is 12.1 Å². The summed E-state index contributed by atoms with van der Waals surface area (Å²) in [6, 6.07) is 7.39.